The Labute approximate surface area is 128 Å². The molecule has 0 aliphatic heterocycles. The number of hydrogen-bond donors (Lipinski definition) is 1. The Morgan fingerprint density at radius 1 is 1.55 bits per heavy atom. The van der Waals surface area contributed by atoms with Gasteiger partial charge in [-0.25, -0.2) is 4.39 Å². The summed E-state index contributed by atoms with van der Waals surface area (Å²) in [5, 5.41) is 3.00. The van der Waals surface area contributed by atoms with E-state index in [0.29, 0.717) is 18.5 Å². The van der Waals surface area contributed by atoms with E-state index in [9.17, 15) is 9.18 Å². The molecule has 3 nitrogen and oxygen atoms in total. The molecule has 5 heteroatoms. The Morgan fingerprint density at radius 2 is 2.30 bits per heavy atom. The molecule has 0 atom stereocenters. The molecule has 0 spiro atoms. The Morgan fingerprint density at radius 3 is 2.95 bits per heavy atom. The van der Waals surface area contributed by atoms with Gasteiger partial charge in [0.05, 0.1) is 0 Å². The highest BCUT2D eigenvalue weighted by molar-refractivity contribution is 9.10. The van der Waals surface area contributed by atoms with Gasteiger partial charge < -0.3 is 10.2 Å². The molecule has 0 aliphatic rings. The van der Waals surface area contributed by atoms with Gasteiger partial charge in [0.25, 0.3) is 0 Å². The first kappa shape index (κ1) is 16.9. The molecule has 1 aromatic carbocycles. The Hall–Kier alpha value is -1.20. The highest BCUT2D eigenvalue weighted by Gasteiger charge is 2.14. The van der Waals surface area contributed by atoms with Gasteiger partial charge in [-0.15, -0.1) is 6.58 Å². The summed E-state index contributed by atoms with van der Waals surface area (Å²) in [5.41, 5.74) is 0.503. The van der Waals surface area contributed by atoms with Gasteiger partial charge in [-0.1, -0.05) is 22.0 Å². The molecule has 0 bridgehead atoms. The van der Waals surface area contributed by atoms with Crippen LogP contribution in [0.2, 0.25) is 0 Å². The third-order valence-corrected chi connectivity index (χ3v) is 3.38. The van der Waals surface area contributed by atoms with E-state index in [2.05, 4.69) is 27.8 Å². The molecule has 1 N–H and O–H groups in total. The largest absolute Gasteiger partial charge is 0.335 e. The lowest BCUT2D eigenvalue weighted by atomic mass is 10.2. The summed E-state index contributed by atoms with van der Waals surface area (Å²) in [6.07, 6.45) is 2.88. The van der Waals surface area contributed by atoms with Crippen LogP contribution in [0, 0.1) is 5.82 Å². The van der Waals surface area contributed by atoms with Gasteiger partial charge in [-0.3, -0.25) is 4.79 Å². The standard InChI is InChI=1S/C15H20BrFN2O/c1-3-9-19(15(20)5-4-8-18-2)11-12-10-13(16)6-7-14(12)17/h3,6-7,10,18H,1,4-5,8-9,11H2,2H3. The highest BCUT2D eigenvalue weighted by atomic mass is 79.9. The van der Waals surface area contributed by atoms with Crippen LogP contribution in [-0.2, 0) is 11.3 Å². The van der Waals surface area contributed by atoms with Gasteiger partial charge >= 0.3 is 0 Å². The molecule has 0 heterocycles. The molecule has 0 aliphatic carbocycles. The molecule has 1 amide bonds. The van der Waals surface area contributed by atoms with Crippen molar-refractivity contribution < 1.29 is 9.18 Å². The first-order chi connectivity index (χ1) is 9.58. The van der Waals surface area contributed by atoms with Crippen molar-refractivity contribution in [2.75, 3.05) is 20.1 Å². The van der Waals surface area contributed by atoms with Crippen LogP contribution >= 0.6 is 15.9 Å². The zero-order chi connectivity index (χ0) is 15.0. The zero-order valence-electron chi connectivity index (χ0n) is 11.7. The number of amides is 1. The van der Waals surface area contributed by atoms with Crippen LogP contribution in [0.4, 0.5) is 4.39 Å². The number of carbonyl (C=O) groups excluding carboxylic acids is 1. The van der Waals surface area contributed by atoms with Crippen molar-refractivity contribution in [2.24, 2.45) is 0 Å². The minimum Gasteiger partial charge on any atom is -0.335 e. The van der Waals surface area contributed by atoms with E-state index in [1.54, 1.807) is 23.1 Å². The van der Waals surface area contributed by atoms with Gasteiger partial charge in [-0.2, -0.15) is 0 Å². The van der Waals surface area contributed by atoms with Crippen molar-refractivity contribution in [3.8, 4) is 0 Å². The second kappa shape index (κ2) is 8.87. The minimum atomic E-state index is -0.301. The first-order valence-corrected chi connectivity index (χ1v) is 7.35. The second-order valence-electron chi connectivity index (χ2n) is 4.51. The summed E-state index contributed by atoms with van der Waals surface area (Å²) in [6, 6.07) is 4.74. The fourth-order valence-electron chi connectivity index (χ4n) is 1.85. The molecule has 0 aromatic heterocycles. The molecular weight excluding hydrogens is 323 g/mol. The van der Waals surface area contributed by atoms with Crippen LogP contribution in [0.5, 0.6) is 0 Å². The summed E-state index contributed by atoms with van der Waals surface area (Å²) in [5.74, 6) is -0.287. The van der Waals surface area contributed by atoms with E-state index < -0.39 is 0 Å². The molecule has 0 radical (unpaired) electrons. The lowest BCUT2D eigenvalue weighted by Gasteiger charge is -2.21. The van der Waals surface area contributed by atoms with E-state index in [-0.39, 0.29) is 18.3 Å². The summed E-state index contributed by atoms with van der Waals surface area (Å²) in [4.78, 5) is 13.7. The second-order valence-corrected chi connectivity index (χ2v) is 5.42. The highest BCUT2D eigenvalue weighted by Crippen LogP contribution is 2.17. The monoisotopic (exact) mass is 342 g/mol. The number of carbonyl (C=O) groups is 1. The zero-order valence-corrected chi connectivity index (χ0v) is 13.2. The van der Waals surface area contributed by atoms with E-state index in [0.717, 1.165) is 17.4 Å². The lowest BCUT2D eigenvalue weighted by Crippen LogP contribution is -2.31. The Balaban J connectivity index is 2.73. The average molecular weight is 343 g/mol. The van der Waals surface area contributed by atoms with Gasteiger partial charge in [0.15, 0.2) is 0 Å². The van der Waals surface area contributed by atoms with E-state index >= 15 is 0 Å². The summed E-state index contributed by atoms with van der Waals surface area (Å²) < 4.78 is 14.5. The number of nitrogens with one attached hydrogen (secondary N) is 1. The van der Waals surface area contributed by atoms with E-state index in [1.165, 1.54) is 6.07 Å². The summed E-state index contributed by atoms with van der Waals surface area (Å²) in [7, 11) is 1.85. The fraction of sp³-hybridized carbons (Fsp3) is 0.400. The van der Waals surface area contributed by atoms with Crippen molar-refractivity contribution in [1.29, 1.82) is 0 Å². The normalized spacial score (nSPS) is 10.3. The SMILES string of the molecule is C=CCN(Cc1cc(Br)ccc1F)C(=O)CCCNC. The van der Waals surface area contributed by atoms with Gasteiger partial charge in [-0.05, 0) is 38.2 Å². The first-order valence-electron chi connectivity index (χ1n) is 6.55. The molecule has 0 saturated heterocycles. The van der Waals surface area contributed by atoms with E-state index in [1.807, 2.05) is 7.05 Å². The van der Waals surface area contributed by atoms with Gasteiger partial charge in [0.1, 0.15) is 5.82 Å². The maximum Gasteiger partial charge on any atom is 0.223 e. The van der Waals surface area contributed by atoms with Gasteiger partial charge in [0.2, 0.25) is 5.91 Å². The molecule has 110 valence electrons. The summed E-state index contributed by atoms with van der Waals surface area (Å²) >= 11 is 3.31. The van der Waals surface area contributed by atoms with E-state index in [4.69, 9.17) is 0 Å². The van der Waals surface area contributed by atoms with Gasteiger partial charge in [0, 0.05) is 29.5 Å². The predicted molar refractivity (Wildman–Crippen MR) is 82.9 cm³/mol. The topological polar surface area (TPSA) is 32.3 Å². The van der Waals surface area contributed by atoms with Crippen LogP contribution in [0.3, 0.4) is 0 Å². The molecule has 0 fully saturated rings. The number of halogens is 2. The van der Waals surface area contributed by atoms with Crippen molar-refractivity contribution in [2.45, 2.75) is 19.4 Å². The molecule has 0 unspecified atom stereocenters. The fourth-order valence-corrected chi connectivity index (χ4v) is 2.26. The van der Waals surface area contributed by atoms with Crippen molar-refractivity contribution in [3.05, 3.63) is 46.7 Å². The number of nitrogens with zero attached hydrogens (tertiary/aromatic N) is 1. The predicted octanol–water partition coefficient (Wildman–Crippen LogP) is 3.10. The maximum atomic E-state index is 13.7. The van der Waals surface area contributed by atoms with Crippen LogP contribution in [-0.4, -0.2) is 30.9 Å². The lowest BCUT2D eigenvalue weighted by molar-refractivity contribution is -0.131. The quantitative estimate of drug-likeness (QED) is 0.581. The molecule has 1 aromatic rings. The third kappa shape index (κ3) is 5.43. The Bertz CT molecular complexity index is 465. The van der Waals surface area contributed by atoms with Crippen molar-refractivity contribution in [3.63, 3.8) is 0 Å². The van der Waals surface area contributed by atoms with Crippen LogP contribution < -0.4 is 5.32 Å². The third-order valence-electron chi connectivity index (χ3n) is 2.89. The molecular formula is C15H20BrFN2O. The van der Waals surface area contributed by atoms with Crippen LogP contribution in [0.15, 0.2) is 35.3 Å². The molecule has 20 heavy (non-hydrogen) atoms. The minimum absolute atomic E-state index is 0.0134. The summed E-state index contributed by atoms with van der Waals surface area (Å²) in [6.45, 7) is 5.12. The van der Waals surface area contributed by atoms with Crippen LogP contribution in [0.25, 0.3) is 0 Å². The van der Waals surface area contributed by atoms with Crippen molar-refractivity contribution >= 4 is 21.8 Å². The Kier molecular flexibility index (Phi) is 7.47. The number of rotatable bonds is 8. The number of benzene rings is 1. The molecule has 0 saturated carbocycles. The van der Waals surface area contributed by atoms with Crippen LogP contribution in [0.1, 0.15) is 18.4 Å². The smallest absolute Gasteiger partial charge is 0.223 e. The average Bonchev–Trinajstić information content (AvgIpc) is 2.42. The number of hydrogen-bond acceptors (Lipinski definition) is 2. The van der Waals surface area contributed by atoms with Crippen molar-refractivity contribution in [1.82, 2.24) is 10.2 Å². The molecule has 1 rings (SSSR count). The maximum absolute atomic E-state index is 13.7.